The quantitative estimate of drug-likeness (QED) is 0.407. The Morgan fingerprint density at radius 1 is 1.12 bits per heavy atom. The van der Waals surface area contributed by atoms with Crippen LogP contribution in [0, 0.1) is 34.0 Å². The van der Waals surface area contributed by atoms with E-state index in [1.807, 2.05) is 6.92 Å². The summed E-state index contributed by atoms with van der Waals surface area (Å²) in [5.41, 5.74) is -3.70. The van der Waals surface area contributed by atoms with Gasteiger partial charge in [-0.3, -0.25) is 14.4 Å². The number of esters is 1. The Balaban J connectivity index is 1.52. The third-order valence-corrected chi connectivity index (χ3v) is 10.3. The van der Waals surface area contributed by atoms with Crippen LogP contribution in [0.1, 0.15) is 85.0 Å². The van der Waals surface area contributed by atoms with E-state index in [1.54, 1.807) is 0 Å². The molecule has 0 aromatic rings. The number of aliphatic carboxylic acids is 1. The first-order valence-electron chi connectivity index (χ1n) is 12.7. The van der Waals surface area contributed by atoms with Gasteiger partial charge in [0.2, 0.25) is 0 Å². The van der Waals surface area contributed by atoms with Crippen LogP contribution in [0.2, 0.25) is 0 Å². The molecule has 0 saturated heterocycles. The molecule has 4 N–H and O–H groups in total. The molecule has 1 spiro atoms. The second kappa shape index (κ2) is 8.27. The first kappa shape index (κ1) is 25.6. The maximum atomic E-state index is 13.2. The molecular formula is C26H40O8. The molecule has 2 bridgehead atoms. The van der Waals surface area contributed by atoms with E-state index in [0.29, 0.717) is 18.8 Å². The summed E-state index contributed by atoms with van der Waals surface area (Å²) in [5, 5.41) is 40.2. The van der Waals surface area contributed by atoms with Gasteiger partial charge >= 0.3 is 11.9 Å². The molecule has 0 heterocycles. The molecule has 34 heavy (non-hydrogen) atoms. The molecule has 8 nitrogen and oxygen atoms in total. The standard InChI is InChI=1S/C26H40O8/c1-22(32,11-20(29)30)12-21(31)34-15-24(3)17-6-9-25-10-16(26(33,13-25)14-27)4-5-18(25)23(17,2)8-7-19(24)28/h16-18,27,32-33H,4-15H2,1-3H3,(H,29,30)/t16-,17+,18+,22+,23+,24-,25+,26+/m0/s1. The highest BCUT2D eigenvalue weighted by Gasteiger charge is 2.68. The Hall–Kier alpha value is -1.51. The number of ketones is 1. The summed E-state index contributed by atoms with van der Waals surface area (Å²) in [5.74, 6) is -1.32. The SMILES string of the molecule is C[C@@](O)(CC(=O)O)CC(=O)OC[C@]1(C)C(=O)CC[C@]2(C)[C@H]1CC[C@]13C[C@H](CC[C@@H]12)[C@](O)(CO)C3. The lowest BCUT2D eigenvalue weighted by atomic mass is 9.41. The maximum Gasteiger partial charge on any atom is 0.308 e. The Morgan fingerprint density at radius 2 is 1.82 bits per heavy atom. The molecule has 8 atom stereocenters. The third-order valence-electron chi connectivity index (χ3n) is 10.3. The lowest BCUT2D eigenvalue weighted by Crippen LogP contribution is -2.60. The zero-order valence-electron chi connectivity index (χ0n) is 20.6. The first-order chi connectivity index (χ1) is 15.7. The molecule has 0 amide bonds. The van der Waals surface area contributed by atoms with Crippen LogP contribution in [0.15, 0.2) is 0 Å². The molecule has 192 valence electrons. The number of hydrogen-bond donors (Lipinski definition) is 4. The number of carbonyl (C=O) groups is 3. The van der Waals surface area contributed by atoms with Gasteiger partial charge in [0.1, 0.15) is 12.4 Å². The molecular weight excluding hydrogens is 440 g/mol. The second-order valence-electron chi connectivity index (χ2n) is 12.7. The number of carboxylic acid groups (broad SMARTS) is 1. The Morgan fingerprint density at radius 3 is 2.47 bits per heavy atom. The van der Waals surface area contributed by atoms with Crippen molar-refractivity contribution < 1.29 is 39.5 Å². The number of aliphatic hydroxyl groups is 3. The number of rotatable bonds is 7. The van der Waals surface area contributed by atoms with Gasteiger partial charge < -0.3 is 25.2 Å². The van der Waals surface area contributed by atoms with Crippen molar-refractivity contribution in [2.45, 2.75) is 96.2 Å². The number of carbonyl (C=O) groups excluding carboxylic acids is 2. The average molecular weight is 481 g/mol. The van der Waals surface area contributed by atoms with E-state index < -0.39 is 41.4 Å². The van der Waals surface area contributed by atoms with Gasteiger partial charge in [-0.2, -0.15) is 0 Å². The highest BCUT2D eigenvalue weighted by Crippen LogP contribution is 2.72. The van der Waals surface area contributed by atoms with Gasteiger partial charge in [-0.15, -0.1) is 0 Å². The van der Waals surface area contributed by atoms with Crippen LogP contribution in [-0.4, -0.2) is 62.6 Å². The van der Waals surface area contributed by atoms with Crippen LogP contribution in [0.5, 0.6) is 0 Å². The van der Waals surface area contributed by atoms with Crippen LogP contribution in [0.3, 0.4) is 0 Å². The smallest absolute Gasteiger partial charge is 0.308 e. The Kier molecular flexibility index (Phi) is 6.22. The van der Waals surface area contributed by atoms with E-state index in [1.165, 1.54) is 6.92 Å². The van der Waals surface area contributed by atoms with Crippen molar-refractivity contribution in [3.63, 3.8) is 0 Å². The summed E-state index contributed by atoms with van der Waals surface area (Å²) in [6, 6.07) is 0. The van der Waals surface area contributed by atoms with Gasteiger partial charge in [0.25, 0.3) is 0 Å². The number of Topliss-reactive ketones (excluding diaryl/α,β-unsaturated/α-hetero) is 1. The molecule has 0 aromatic carbocycles. The molecule has 0 radical (unpaired) electrons. The number of fused-ring (bicyclic) bond motifs is 3. The molecule has 0 aromatic heterocycles. The third kappa shape index (κ3) is 3.99. The molecule has 0 aliphatic heterocycles. The van der Waals surface area contributed by atoms with Crippen molar-refractivity contribution in [3.05, 3.63) is 0 Å². The van der Waals surface area contributed by atoms with E-state index in [-0.39, 0.29) is 41.7 Å². The minimum Gasteiger partial charge on any atom is -0.481 e. The monoisotopic (exact) mass is 480 g/mol. The summed E-state index contributed by atoms with van der Waals surface area (Å²) in [7, 11) is 0. The van der Waals surface area contributed by atoms with E-state index >= 15 is 0 Å². The maximum absolute atomic E-state index is 13.2. The fraction of sp³-hybridized carbons (Fsp3) is 0.885. The summed E-state index contributed by atoms with van der Waals surface area (Å²) in [6.45, 7) is 5.17. The van der Waals surface area contributed by atoms with Crippen molar-refractivity contribution in [1.82, 2.24) is 0 Å². The summed E-state index contributed by atoms with van der Waals surface area (Å²) < 4.78 is 5.53. The van der Waals surface area contributed by atoms with Gasteiger partial charge in [-0.05, 0) is 87.4 Å². The molecule has 4 aliphatic rings. The van der Waals surface area contributed by atoms with Crippen LogP contribution in [-0.2, 0) is 19.1 Å². The highest BCUT2D eigenvalue weighted by molar-refractivity contribution is 5.86. The number of hydrogen-bond acceptors (Lipinski definition) is 7. The number of carboxylic acids is 1. The fourth-order valence-electron chi connectivity index (χ4n) is 8.82. The second-order valence-corrected chi connectivity index (χ2v) is 12.7. The van der Waals surface area contributed by atoms with E-state index in [0.717, 1.165) is 38.5 Å². The van der Waals surface area contributed by atoms with Crippen LogP contribution in [0.25, 0.3) is 0 Å². The minimum atomic E-state index is -1.71. The number of aliphatic hydroxyl groups excluding tert-OH is 1. The zero-order valence-corrected chi connectivity index (χ0v) is 20.6. The summed E-state index contributed by atoms with van der Waals surface area (Å²) in [4.78, 5) is 36.6. The normalized spacial score (nSPS) is 45.1. The summed E-state index contributed by atoms with van der Waals surface area (Å²) in [6.07, 6.45) is 5.27. The van der Waals surface area contributed by atoms with E-state index in [2.05, 4.69) is 6.92 Å². The molecule has 4 saturated carbocycles. The van der Waals surface area contributed by atoms with Gasteiger partial charge in [0, 0.05) is 6.42 Å². The molecule has 4 rings (SSSR count). The lowest BCUT2D eigenvalue weighted by molar-refractivity contribution is -0.182. The van der Waals surface area contributed by atoms with E-state index in [4.69, 9.17) is 9.84 Å². The van der Waals surface area contributed by atoms with Gasteiger partial charge in [0.05, 0.1) is 36.1 Å². The fourth-order valence-corrected chi connectivity index (χ4v) is 8.82. The summed E-state index contributed by atoms with van der Waals surface area (Å²) >= 11 is 0. The van der Waals surface area contributed by atoms with Gasteiger partial charge in [-0.25, -0.2) is 0 Å². The van der Waals surface area contributed by atoms with Crippen LogP contribution < -0.4 is 0 Å². The molecule has 4 aliphatic carbocycles. The van der Waals surface area contributed by atoms with Gasteiger partial charge in [0.15, 0.2) is 0 Å². The number of ether oxygens (including phenoxy) is 1. The van der Waals surface area contributed by atoms with Crippen molar-refractivity contribution in [2.75, 3.05) is 13.2 Å². The van der Waals surface area contributed by atoms with Crippen LogP contribution >= 0.6 is 0 Å². The Bertz CT molecular complexity index is 869. The van der Waals surface area contributed by atoms with Crippen molar-refractivity contribution in [1.29, 1.82) is 0 Å². The predicted molar refractivity (Wildman–Crippen MR) is 122 cm³/mol. The van der Waals surface area contributed by atoms with Gasteiger partial charge in [-0.1, -0.05) is 6.92 Å². The lowest BCUT2D eigenvalue weighted by Gasteiger charge is -2.63. The van der Waals surface area contributed by atoms with Crippen LogP contribution in [0.4, 0.5) is 0 Å². The molecule has 4 fully saturated rings. The first-order valence-corrected chi connectivity index (χ1v) is 12.7. The minimum absolute atomic E-state index is 0.0147. The highest BCUT2D eigenvalue weighted by atomic mass is 16.5. The Labute approximate surface area is 201 Å². The molecule has 0 unspecified atom stereocenters. The van der Waals surface area contributed by atoms with Crippen molar-refractivity contribution in [2.24, 2.45) is 34.0 Å². The largest absolute Gasteiger partial charge is 0.481 e. The predicted octanol–water partition coefficient (Wildman–Crippen LogP) is 2.46. The zero-order chi connectivity index (χ0) is 25.2. The average Bonchev–Trinajstić information content (AvgIpc) is 2.94. The van der Waals surface area contributed by atoms with Crippen molar-refractivity contribution >= 4 is 17.7 Å². The van der Waals surface area contributed by atoms with Crippen molar-refractivity contribution in [3.8, 4) is 0 Å². The van der Waals surface area contributed by atoms with E-state index in [9.17, 15) is 29.7 Å². The topological polar surface area (TPSA) is 141 Å². The molecule has 8 heteroatoms.